The molecular weight excluding hydrogens is 514 g/mol. The van der Waals surface area contributed by atoms with Gasteiger partial charge in [0.05, 0.1) is 29.8 Å². The van der Waals surface area contributed by atoms with E-state index in [1.165, 1.54) is 11.8 Å². The molecule has 2 heterocycles. The minimum absolute atomic E-state index is 0.0921. The highest BCUT2D eigenvalue weighted by atomic mass is 35.5. The number of anilines is 1. The Morgan fingerprint density at radius 2 is 1.92 bits per heavy atom. The molecule has 0 spiro atoms. The maximum absolute atomic E-state index is 13.7. The van der Waals surface area contributed by atoms with Crippen molar-refractivity contribution in [1.29, 1.82) is 0 Å². The molecule has 1 aliphatic heterocycles. The van der Waals surface area contributed by atoms with Gasteiger partial charge >= 0.3 is 0 Å². The highest BCUT2D eigenvalue weighted by Gasteiger charge is 2.24. The van der Waals surface area contributed by atoms with Gasteiger partial charge in [0.1, 0.15) is 5.75 Å². The number of ether oxygens (including phenoxy) is 3. The van der Waals surface area contributed by atoms with E-state index in [0.29, 0.717) is 44.7 Å². The van der Waals surface area contributed by atoms with Crippen LogP contribution in [0.5, 0.6) is 17.2 Å². The first-order chi connectivity index (χ1) is 17.9. The van der Waals surface area contributed by atoms with Gasteiger partial charge in [-0.25, -0.2) is 4.98 Å². The summed E-state index contributed by atoms with van der Waals surface area (Å²) in [7, 11) is 1.60. The van der Waals surface area contributed by atoms with Crippen LogP contribution in [0, 0.1) is 0 Å². The van der Waals surface area contributed by atoms with Crippen LogP contribution in [0.3, 0.4) is 0 Å². The topological polar surface area (TPSA) is 91.7 Å². The van der Waals surface area contributed by atoms with Gasteiger partial charge in [-0.15, -0.1) is 0 Å². The molecule has 5 rings (SSSR count). The fourth-order valence-electron chi connectivity index (χ4n) is 3.97. The highest BCUT2D eigenvalue weighted by Crippen LogP contribution is 2.36. The molecule has 0 radical (unpaired) electrons. The average molecular weight is 538 g/mol. The lowest BCUT2D eigenvalue weighted by Gasteiger charge is -2.18. The maximum atomic E-state index is 13.7. The van der Waals surface area contributed by atoms with Crippen molar-refractivity contribution < 1.29 is 19.0 Å². The summed E-state index contributed by atoms with van der Waals surface area (Å²) in [6.45, 7) is 2.28. The molecule has 190 valence electrons. The molecule has 1 aromatic heterocycles. The van der Waals surface area contributed by atoms with E-state index in [1.54, 1.807) is 48.1 Å². The minimum atomic E-state index is -0.501. The average Bonchev–Trinajstić information content (AvgIpc) is 3.36. The summed E-state index contributed by atoms with van der Waals surface area (Å²) in [5.74, 6) is 1.56. The summed E-state index contributed by atoms with van der Waals surface area (Å²) in [5, 5.41) is 3.79. The van der Waals surface area contributed by atoms with Gasteiger partial charge in [0.15, 0.2) is 16.7 Å². The molecule has 0 saturated heterocycles. The third-order valence-corrected chi connectivity index (χ3v) is 7.51. The number of rotatable bonds is 8. The van der Waals surface area contributed by atoms with E-state index >= 15 is 0 Å². The standard InChI is InChI=1S/C27H24ClN3O5S/c1-3-24(25(32)29-18-6-4-5-17(28)11-18)37-27-30-21-13-23-22(35-15-36-23)12-20(21)26(33)31(27)14-16-7-9-19(34-2)10-8-16/h4-13,24H,3,14-15H2,1-2H3,(H,29,32)/t24-/m0/s1. The van der Waals surface area contributed by atoms with Crippen molar-refractivity contribution >= 4 is 45.9 Å². The zero-order valence-corrected chi connectivity index (χ0v) is 21.8. The van der Waals surface area contributed by atoms with E-state index in [0.717, 1.165) is 11.3 Å². The molecule has 1 amide bonds. The van der Waals surface area contributed by atoms with Gasteiger partial charge in [0, 0.05) is 16.8 Å². The molecule has 0 unspecified atom stereocenters. The molecule has 4 aromatic rings. The minimum Gasteiger partial charge on any atom is -0.497 e. The van der Waals surface area contributed by atoms with Crippen LogP contribution in [-0.2, 0) is 11.3 Å². The number of nitrogens with zero attached hydrogens (tertiary/aromatic N) is 2. The van der Waals surface area contributed by atoms with E-state index in [9.17, 15) is 9.59 Å². The smallest absolute Gasteiger partial charge is 0.262 e. The molecule has 3 aromatic carbocycles. The van der Waals surface area contributed by atoms with Crippen molar-refractivity contribution in [3.8, 4) is 17.2 Å². The predicted octanol–water partition coefficient (Wildman–Crippen LogP) is 5.34. The molecule has 10 heteroatoms. The summed E-state index contributed by atoms with van der Waals surface area (Å²) < 4.78 is 17.8. The Morgan fingerprint density at radius 3 is 2.62 bits per heavy atom. The number of methoxy groups -OCH3 is 1. The second-order valence-electron chi connectivity index (χ2n) is 8.37. The van der Waals surface area contributed by atoms with Crippen LogP contribution in [0.25, 0.3) is 10.9 Å². The molecule has 0 aliphatic carbocycles. The maximum Gasteiger partial charge on any atom is 0.262 e. The van der Waals surface area contributed by atoms with Crippen molar-refractivity contribution in [2.24, 2.45) is 0 Å². The van der Waals surface area contributed by atoms with E-state index in [-0.39, 0.29) is 24.8 Å². The first-order valence-electron chi connectivity index (χ1n) is 11.7. The Morgan fingerprint density at radius 1 is 1.16 bits per heavy atom. The van der Waals surface area contributed by atoms with Crippen LogP contribution < -0.4 is 25.1 Å². The Bertz CT molecular complexity index is 1520. The number of hydrogen-bond acceptors (Lipinski definition) is 7. The summed E-state index contributed by atoms with van der Waals surface area (Å²) in [6, 6.07) is 17.8. The molecule has 0 bridgehead atoms. The van der Waals surface area contributed by atoms with Gasteiger partial charge in [-0.05, 0) is 48.4 Å². The van der Waals surface area contributed by atoms with Crippen molar-refractivity contribution in [3.63, 3.8) is 0 Å². The van der Waals surface area contributed by atoms with Crippen LogP contribution >= 0.6 is 23.4 Å². The van der Waals surface area contributed by atoms with Crippen LogP contribution in [0.15, 0.2) is 70.6 Å². The highest BCUT2D eigenvalue weighted by molar-refractivity contribution is 8.00. The second kappa shape index (κ2) is 10.7. The number of carbonyl (C=O) groups excluding carboxylic acids is 1. The van der Waals surface area contributed by atoms with Crippen LogP contribution in [0.2, 0.25) is 5.02 Å². The van der Waals surface area contributed by atoms with Crippen LogP contribution in [-0.4, -0.2) is 34.6 Å². The number of thioether (sulfide) groups is 1. The van der Waals surface area contributed by atoms with Gasteiger partial charge in [-0.3, -0.25) is 14.2 Å². The second-order valence-corrected chi connectivity index (χ2v) is 9.98. The lowest BCUT2D eigenvalue weighted by molar-refractivity contribution is -0.115. The van der Waals surface area contributed by atoms with E-state index in [4.69, 9.17) is 30.8 Å². The first kappa shape index (κ1) is 25.0. The zero-order valence-electron chi connectivity index (χ0n) is 20.2. The van der Waals surface area contributed by atoms with Gasteiger partial charge < -0.3 is 19.5 Å². The Labute approximate surface area is 222 Å². The summed E-state index contributed by atoms with van der Waals surface area (Å²) in [5.41, 5.74) is 1.74. The van der Waals surface area contributed by atoms with Gasteiger partial charge in [0.2, 0.25) is 12.7 Å². The molecular formula is C27H24ClN3O5S. The molecule has 1 N–H and O–H groups in total. The number of carbonyl (C=O) groups is 1. The normalized spacial score (nSPS) is 12.9. The molecule has 0 fully saturated rings. The molecule has 1 aliphatic rings. The van der Waals surface area contributed by atoms with Gasteiger partial charge in [0.25, 0.3) is 5.56 Å². The number of amides is 1. The van der Waals surface area contributed by atoms with Crippen LogP contribution in [0.4, 0.5) is 5.69 Å². The SMILES string of the molecule is CC[C@H](Sc1nc2cc3c(cc2c(=O)n1Cc1ccc(OC)cc1)OCO3)C(=O)Nc1cccc(Cl)c1. The molecule has 1 atom stereocenters. The molecule has 8 nitrogen and oxygen atoms in total. The van der Waals surface area contributed by atoms with Crippen LogP contribution in [0.1, 0.15) is 18.9 Å². The quantitative estimate of drug-likeness (QED) is 0.239. The molecule has 0 saturated carbocycles. The summed E-state index contributed by atoms with van der Waals surface area (Å²) in [4.78, 5) is 31.7. The van der Waals surface area contributed by atoms with Crippen molar-refractivity contribution in [2.75, 3.05) is 19.2 Å². The van der Waals surface area contributed by atoms with Crippen molar-refractivity contribution in [1.82, 2.24) is 9.55 Å². The third-order valence-electron chi connectivity index (χ3n) is 5.92. The number of benzene rings is 3. The Hall–Kier alpha value is -3.69. The Kier molecular flexibility index (Phi) is 7.25. The van der Waals surface area contributed by atoms with E-state index in [2.05, 4.69) is 5.32 Å². The van der Waals surface area contributed by atoms with Crippen molar-refractivity contribution in [3.05, 3.63) is 81.6 Å². The number of halogens is 1. The number of hydrogen-bond donors (Lipinski definition) is 1. The number of aromatic nitrogens is 2. The first-order valence-corrected chi connectivity index (χ1v) is 12.9. The largest absolute Gasteiger partial charge is 0.497 e. The monoisotopic (exact) mass is 537 g/mol. The summed E-state index contributed by atoms with van der Waals surface area (Å²) >= 11 is 7.32. The number of fused-ring (bicyclic) bond motifs is 2. The number of nitrogens with one attached hydrogen (secondary N) is 1. The van der Waals surface area contributed by atoms with Crippen molar-refractivity contribution in [2.45, 2.75) is 30.3 Å². The van der Waals surface area contributed by atoms with E-state index < -0.39 is 5.25 Å². The third kappa shape index (κ3) is 5.38. The lowest BCUT2D eigenvalue weighted by atomic mass is 10.2. The lowest BCUT2D eigenvalue weighted by Crippen LogP contribution is -2.28. The van der Waals surface area contributed by atoms with Gasteiger partial charge in [-0.1, -0.05) is 48.5 Å². The molecule has 37 heavy (non-hydrogen) atoms. The fourth-order valence-corrected chi connectivity index (χ4v) is 5.18. The zero-order chi connectivity index (χ0) is 25.9. The van der Waals surface area contributed by atoms with E-state index in [1.807, 2.05) is 31.2 Å². The predicted molar refractivity (Wildman–Crippen MR) is 144 cm³/mol. The fraction of sp³-hybridized carbons (Fsp3) is 0.222. The van der Waals surface area contributed by atoms with Gasteiger partial charge in [-0.2, -0.15) is 0 Å². The Balaban J connectivity index is 1.53. The summed E-state index contributed by atoms with van der Waals surface area (Å²) in [6.07, 6.45) is 0.522.